The van der Waals surface area contributed by atoms with Crippen LogP contribution < -0.4 is 10.5 Å². The fourth-order valence-electron chi connectivity index (χ4n) is 1.65. The van der Waals surface area contributed by atoms with Gasteiger partial charge in [-0.15, -0.1) is 11.3 Å². The molecule has 1 aromatic heterocycles. The summed E-state index contributed by atoms with van der Waals surface area (Å²) in [6.45, 7) is 2.51. The molecule has 0 saturated carbocycles. The number of urea groups is 1. The van der Waals surface area contributed by atoms with Crippen molar-refractivity contribution in [2.75, 3.05) is 26.3 Å². The highest BCUT2D eigenvalue weighted by Crippen LogP contribution is 2.20. The molecule has 0 bridgehead atoms. The zero-order chi connectivity index (χ0) is 13.9. The first-order valence-corrected chi connectivity index (χ1v) is 8.05. The number of nitrogens with one attached hydrogen (secondary N) is 1. The van der Waals surface area contributed by atoms with Crippen molar-refractivity contribution in [1.29, 1.82) is 0 Å². The molecule has 1 aliphatic rings. The summed E-state index contributed by atoms with van der Waals surface area (Å²) in [6, 6.07) is 2.91. The van der Waals surface area contributed by atoms with Crippen molar-refractivity contribution in [3.8, 4) is 0 Å². The molecule has 0 atom stereocenters. The number of nitrogens with zero attached hydrogens (tertiary/aromatic N) is 1. The van der Waals surface area contributed by atoms with E-state index in [0.29, 0.717) is 26.3 Å². The number of rotatable bonds is 3. The minimum Gasteiger partial charge on any atom is -0.378 e. The van der Waals surface area contributed by atoms with E-state index >= 15 is 0 Å². The Balaban J connectivity index is 1.88. The van der Waals surface area contributed by atoms with E-state index in [2.05, 4.69) is 5.32 Å². The van der Waals surface area contributed by atoms with Gasteiger partial charge in [0.2, 0.25) is 10.0 Å². The second kappa shape index (κ2) is 5.87. The number of sulfonamides is 1. The highest BCUT2D eigenvalue weighted by molar-refractivity contribution is 7.91. The predicted molar refractivity (Wildman–Crippen MR) is 70.3 cm³/mol. The number of ether oxygens (including phenoxy) is 1. The monoisotopic (exact) mass is 305 g/mol. The number of nitrogens with two attached hydrogens (primary N) is 1. The second-order valence-corrected chi connectivity index (χ2v) is 6.98. The first-order chi connectivity index (χ1) is 8.97. The van der Waals surface area contributed by atoms with Gasteiger partial charge in [-0.05, 0) is 12.1 Å². The Labute approximate surface area is 115 Å². The van der Waals surface area contributed by atoms with Crippen molar-refractivity contribution < 1.29 is 17.9 Å². The molecule has 19 heavy (non-hydrogen) atoms. The maximum atomic E-state index is 11.8. The minimum atomic E-state index is -3.66. The van der Waals surface area contributed by atoms with Crippen molar-refractivity contribution in [3.05, 3.63) is 17.0 Å². The summed E-state index contributed by atoms with van der Waals surface area (Å²) in [5.41, 5.74) is 0. The van der Waals surface area contributed by atoms with E-state index in [1.807, 2.05) is 0 Å². The van der Waals surface area contributed by atoms with Gasteiger partial charge in [0.25, 0.3) is 0 Å². The molecule has 0 spiro atoms. The number of hydrogen-bond donors (Lipinski definition) is 2. The molecule has 0 radical (unpaired) electrons. The standard InChI is InChI=1S/C10H15N3O4S2/c11-19(15,16)9-2-1-8(18-9)7-12-10(14)13-3-5-17-6-4-13/h1-2H,3-7H2,(H,12,14)(H2,11,15,16). The first kappa shape index (κ1) is 14.3. The molecule has 2 amide bonds. The molecule has 0 aromatic carbocycles. The molecule has 2 heterocycles. The largest absolute Gasteiger partial charge is 0.378 e. The molecule has 3 N–H and O–H groups in total. The van der Waals surface area contributed by atoms with Gasteiger partial charge in [0.15, 0.2) is 0 Å². The smallest absolute Gasteiger partial charge is 0.317 e. The third-order valence-corrected chi connectivity index (χ3v) is 5.15. The third-order valence-electron chi connectivity index (χ3n) is 2.63. The van der Waals surface area contributed by atoms with Gasteiger partial charge in [-0.3, -0.25) is 0 Å². The van der Waals surface area contributed by atoms with Gasteiger partial charge in [0, 0.05) is 18.0 Å². The van der Waals surface area contributed by atoms with E-state index in [0.717, 1.165) is 16.2 Å². The topological polar surface area (TPSA) is 102 Å². The van der Waals surface area contributed by atoms with Gasteiger partial charge < -0.3 is 15.0 Å². The zero-order valence-corrected chi connectivity index (χ0v) is 11.8. The van der Waals surface area contributed by atoms with Crippen LogP contribution in [0.1, 0.15) is 4.88 Å². The van der Waals surface area contributed by atoms with Crippen LogP contribution in [0, 0.1) is 0 Å². The number of hydrogen-bond acceptors (Lipinski definition) is 5. The van der Waals surface area contributed by atoms with Gasteiger partial charge in [0.05, 0.1) is 19.8 Å². The normalized spacial score (nSPS) is 16.4. The van der Waals surface area contributed by atoms with Crippen LogP contribution in [0.25, 0.3) is 0 Å². The third kappa shape index (κ3) is 3.90. The van der Waals surface area contributed by atoms with Gasteiger partial charge in [-0.25, -0.2) is 18.4 Å². The molecule has 106 valence electrons. The number of amides is 2. The molecule has 7 nitrogen and oxygen atoms in total. The lowest BCUT2D eigenvalue weighted by Crippen LogP contribution is -2.45. The molecule has 1 fully saturated rings. The number of carbonyl (C=O) groups is 1. The molecule has 1 aliphatic heterocycles. The Bertz CT molecular complexity index is 549. The highest BCUT2D eigenvalue weighted by atomic mass is 32.2. The summed E-state index contributed by atoms with van der Waals surface area (Å²) < 4.78 is 27.5. The molecule has 9 heteroatoms. The van der Waals surface area contributed by atoms with E-state index in [1.165, 1.54) is 6.07 Å². The fourth-order valence-corrected chi connectivity index (χ4v) is 3.37. The minimum absolute atomic E-state index is 0.100. The van der Waals surface area contributed by atoms with Crippen LogP contribution in [0.2, 0.25) is 0 Å². The zero-order valence-electron chi connectivity index (χ0n) is 10.2. The van der Waals surface area contributed by atoms with E-state index in [4.69, 9.17) is 9.88 Å². The van der Waals surface area contributed by atoms with Crippen LogP contribution in [0.4, 0.5) is 4.79 Å². The molecule has 1 aromatic rings. The van der Waals surface area contributed by atoms with Crippen LogP contribution in [0.5, 0.6) is 0 Å². The van der Waals surface area contributed by atoms with E-state index in [-0.39, 0.29) is 16.8 Å². The maximum absolute atomic E-state index is 11.8. The Kier molecular flexibility index (Phi) is 4.40. The van der Waals surface area contributed by atoms with Crippen molar-refractivity contribution in [2.24, 2.45) is 5.14 Å². The van der Waals surface area contributed by atoms with E-state index in [1.54, 1.807) is 11.0 Å². The second-order valence-electron chi connectivity index (χ2n) is 4.02. The molecule has 1 saturated heterocycles. The van der Waals surface area contributed by atoms with Crippen LogP contribution in [0.15, 0.2) is 16.3 Å². The molecular formula is C10H15N3O4S2. The summed E-state index contributed by atoms with van der Waals surface area (Å²) >= 11 is 1.06. The molecule has 0 aliphatic carbocycles. The maximum Gasteiger partial charge on any atom is 0.317 e. The Morgan fingerprint density at radius 3 is 2.68 bits per heavy atom. The Morgan fingerprint density at radius 1 is 1.42 bits per heavy atom. The van der Waals surface area contributed by atoms with Gasteiger partial charge >= 0.3 is 6.03 Å². The lowest BCUT2D eigenvalue weighted by atomic mass is 10.4. The fraction of sp³-hybridized carbons (Fsp3) is 0.500. The number of thiophene rings is 1. The summed E-state index contributed by atoms with van der Waals surface area (Å²) in [6.07, 6.45) is 0. The summed E-state index contributed by atoms with van der Waals surface area (Å²) in [4.78, 5) is 14.2. The average molecular weight is 305 g/mol. The highest BCUT2D eigenvalue weighted by Gasteiger charge is 2.17. The molecule has 2 rings (SSSR count). The Hall–Kier alpha value is -1.16. The lowest BCUT2D eigenvalue weighted by molar-refractivity contribution is 0.0531. The summed E-state index contributed by atoms with van der Waals surface area (Å²) in [5.74, 6) is 0. The van der Waals surface area contributed by atoms with Gasteiger partial charge in [-0.2, -0.15) is 0 Å². The quantitative estimate of drug-likeness (QED) is 0.816. The van der Waals surface area contributed by atoms with Crippen molar-refractivity contribution in [2.45, 2.75) is 10.8 Å². The number of primary sulfonamides is 1. The summed E-state index contributed by atoms with van der Waals surface area (Å²) in [7, 11) is -3.66. The van der Waals surface area contributed by atoms with Crippen LogP contribution in [-0.4, -0.2) is 45.7 Å². The first-order valence-electron chi connectivity index (χ1n) is 5.69. The van der Waals surface area contributed by atoms with E-state index < -0.39 is 10.0 Å². The lowest BCUT2D eigenvalue weighted by Gasteiger charge is -2.26. The Morgan fingerprint density at radius 2 is 2.11 bits per heavy atom. The van der Waals surface area contributed by atoms with E-state index in [9.17, 15) is 13.2 Å². The number of morpholine rings is 1. The SMILES string of the molecule is NS(=O)(=O)c1ccc(CNC(=O)N2CCOCC2)s1. The number of carbonyl (C=O) groups excluding carboxylic acids is 1. The summed E-state index contributed by atoms with van der Waals surface area (Å²) in [5, 5.41) is 7.76. The van der Waals surface area contributed by atoms with Crippen LogP contribution in [0.3, 0.4) is 0 Å². The van der Waals surface area contributed by atoms with Crippen LogP contribution in [-0.2, 0) is 21.3 Å². The average Bonchev–Trinajstić information content (AvgIpc) is 2.86. The van der Waals surface area contributed by atoms with Crippen molar-refractivity contribution in [1.82, 2.24) is 10.2 Å². The van der Waals surface area contributed by atoms with Crippen LogP contribution >= 0.6 is 11.3 Å². The predicted octanol–water partition coefficient (Wildman–Crippen LogP) is -0.0627. The molecule has 0 unspecified atom stereocenters. The van der Waals surface area contributed by atoms with Gasteiger partial charge in [-0.1, -0.05) is 0 Å². The van der Waals surface area contributed by atoms with Crippen molar-refractivity contribution in [3.63, 3.8) is 0 Å². The molecular weight excluding hydrogens is 290 g/mol. The van der Waals surface area contributed by atoms with Gasteiger partial charge in [0.1, 0.15) is 4.21 Å². The van der Waals surface area contributed by atoms with Crippen molar-refractivity contribution >= 4 is 27.4 Å².